The summed E-state index contributed by atoms with van der Waals surface area (Å²) in [5.74, 6) is -0.0180. The lowest BCUT2D eigenvalue weighted by atomic mass is 10.2. The molecule has 0 unspecified atom stereocenters. The predicted molar refractivity (Wildman–Crippen MR) is 97.2 cm³/mol. The lowest BCUT2D eigenvalue weighted by Gasteiger charge is -2.33. The van der Waals surface area contributed by atoms with Crippen molar-refractivity contribution in [2.75, 3.05) is 39.3 Å². The molecule has 0 aliphatic carbocycles. The standard InChI is InChI=1S/C17H21Cl2N3O2/c1-2-20-16(23)12-21-7-9-22(10-8-21)17(24)6-4-13-3-5-14(18)15(19)11-13/h3-6,11H,2,7-10,12H2,1H3,(H,20,23)/b6-4+. The molecule has 130 valence electrons. The van der Waals surface area contributed by atoms with E-state index in [4.69, 9.17) is 23.2 Å². The zero-order valence-electron chi connectivity index (χ0n) is 13.6. The number of hydrogen-bond acceptors (Lipinski definition) is 3. The largest absolute Gasteiger partial charge is 0.355 e. The number of carbonyl (C=O) groups is 2. The Hall–Kier alpha value is -1.56. The number of amides is 2. The molecule has 0 bridgehead atoms. The highest BCUT2D eigenvalue weighted by Gasteiger charge is 2.20. The number of benzene rings is 1. The van der Waals surface area contributed by atoms with Crippen molar-refractivity contribution < 1.29 is 9.59 Å². The van der Waals surface area contributed by atoms with E-state index in [9.17, 15) is 9.59 Å². The van der Waals surface area contributed by atoms with Crippen molar-refractivity contribution in [1.29, 1.82) is 0 Å². The Morgan fingerprint density at radius 2 is 1.88 bits per heavy atom. The molecular formula is C17H21Cl2N3O2. The van der Waals surface area contributed by atoms with Crippen LogP contribution in [0.1, 0.15) is 12.5 Å². The summed E-state index contributed by atoms with van der Waals surface area (Å²) >= 11 is 11.8. The van der Waals surface area contributed by atoms with E-state index < -0.39 is 0 Å². The van der Waals surface area contributed by atoms with Gasteiger partial charge in [-0.1, -0.05) is 29.3 Å². The number of likely N-dealkylation sites (N-methyl/N-ethyl adjacent to an activating group) is 1. The molecule has 0 saturated carbocycles. The third kappa shape index (κ3) is 5.51. The number of nitrogens with zero attached hydrogens (tertiary/aromatic N) is 2. The van der Waals surface area contributed by atoms with Crippen LogP contribution in [0.15, 0.2) is 24.3 Å². The zero-order valence-corrected chi connectivity index (χ0v) is 15.1. The van der Waals surface area contributed by atoms with E-state index >= 15 is 0 Å². The Kier molecular flexibility index (Phi) is 7.09. The summed E-state index contributed by atoms with van der Waals surface area (Å²) in [5.41, 5.74) is 0.827. The summed E-state index contributed by atoms with van der Waals surface area (Å²) in [6.45, 7) is 5.54. The molecule has 0 spiro atoms. The molecule has 7 heteroatoms. The van der Waals surface area contributed by atoms with Gasteiger partial charge in [-0.3, -0.25) is 14.5 Å². The number of nitrogens with one attached hydrogen (secondary N) is 1. The van der Waals surface area contributed by atoms with Crippen molar-refractivity contribution in [3.63, 3.8) is 0 Å². The summed E-state index contributed by atoms with van der Waals surface area (Å²) in [6, 6.07) is 5.23. The minimum atomic E-state index is -0.0428. The van der Waals surface area contributed by atoms with Gasteiger partial charge >= 0.3 is 0 Å². The second-order valence-electron chi connectivity index (χ2n) is 5.56. The quantitative estimate of drug-likeness (QED) is 0.810. The second kappa shape index (κ2) is 9.06. The highest BCUT2D eigenvalue weighted by Crippen LogP contribution is 2.23. The van der Waals surface area contributed by atoms with Gasteiger partial charge in [0.1, 0.15) is 0 Å². The second-order valence-corrected chi connectivity index (χ2v) is 6.38. The molecule has 24 heavy (non-hydrogen) atoms. The first-order valence-electron chi connectivity index (χ1n) is 7.90. The number of rotatable bonds is 5. The summed E-state index contributed by atoms with van der Waals surface area (Å²) in [6.07, 6.45) is 3.27. The van der Waals surface area contributed by atoms with E-state index in [-0.39, 0.29) is 11.8 Å². The SMILES string of the molecule is CCNC(=O)CN1CCN(C(=O)/C=C/c2ccc(Cl)c(Cl)c2)CC1. The van der Waals surface area contributed by atoms with E-state index in [0.29, 0.717) is 49.3 Å². The minimum absolute atomic E-state index is 0.0248. The molecule has 0 atom stereocenters. The highest BCUT2D eigenvalue weighted by atomic mass is 35.5. The van der Waals surface area contributed by atoms with Crippen molar-refractivity contribution in [3.8, 4) is 0 Å². The van der Waals surface area contributed by atoms with Crippen molar-refractivity contribution in [1.82, 2.24) is 15.1 Å². The fourth-order valence-electron chi connectivity index (χ4n) is 2.47. The molecule has 1 aliphatic rings. The first kappa shape index (κ1) is 18.8. The van der Waals surface area contributed by atoms with Crippen molar-refractivity contribution >= 4 is 41.1 Å². The Morgan fingerprint density at radius 3 is 2.50 bits per heavy atom. The monoisotopic (exact) mass is 369 g/mol. The molecule has 2 rings (SSSR count). The van der Waals surface area contributed by atoms with Crippen LogP contribution in [0.2, 0.25) is 10.0 Å². The van der Waals surface area contributed by atoms with Crippen LogP contribution in [-0.2, 0) is 9.59 Å². The summed E-state index contributed by atoms with van der Waals surface area (Å²) < 4.78 is 0. The number of carbonyl (C=O) groups excluding carboxylic acids is 2. The molecular weight excluding hydrogens is 349 g/mol. The van der Waals surface area contributed by atoms with Gasteiger partial charge in [-0.2, -0.15) is 0 Å². The normalized spacial score (nSPS) is 15.7. The third-order valence-corrected chi connectivity index (χ3v) is 4.53. The van der Waals surface area contributed by atoms with Gasteiger partial charge < -0.3 is 10.2 Å². The molecule has 2 amide bonds. The van der Waals surface area contributed by atoms with Gasteiger partial charge in [0.2, 0.25) is 11.8 Å². The maximum Gasteiger partial charge on any atom is 0.246 e. The maximum absolute atomic E-state index is 12.2. The zero-order chi connectivity index (χ0) is 17.5. The summed E-state index contributed by atoms with van der Waals surface area (Å²) in [7, 11) is 0. The number of halogens is 2. The molecule has 0 radical (unpaired) electrons. The van der Waals surface area contributed by atoms with Gasteiger partial charge in [0.25, 0.3) is 0 Å². The van der Waals surface area contributed by atoms with Crippen LogP contribution >= 0.6 is 23.2 Å². The lowest BCUT2D eigenvalue weighted by molar-refractivity contribution is -0.128. The van der Waals surface area contributed by atoms with Crippen molar-refractivity contribution in [3.05, 3.63) is 39.9 Å². The minimum Gasteiger partial charge on any atom is -0.355 e. The molecule has 1 heterocycles. The van der Waals surface area contributed by atoms with Gasteiger partial charge in [-0.05, 0) is 30.7 Å². The first-order chi connectivity index (χ1) is 11.5. The molecule has 1 fully saturated rings. The maximum atomic E-state index is 12.2. The lowest BCUT2D eigenvalue weighted by Crippen LogP contribution is -2.50. The van der Waals surface area contributed by atoms with Gasteiger partial charge in [0.15, 0.2) is 0 Å². The van der Waals surface area contributed by atoms with Crippen LogP contribution in [0.4, 0.5) is 0 Å². The van der Waals surface area contributed by atoms with E-state index in [1.54, 1.807) is 29.2 Å². The molecule has 1 N–H and O–H groups in total. The molecule has 1 aromatic carbocycles. The Bertz CT molecular complexity index is 626. The topological polar surface area (TPSA) is 52.7 Å². The van der Waals surface area contributed by atoms with E-state index in [0.717, 1.165) is 5.56 Å². The number of hydrogen-bond donors (Lipinski definition) is 1. The van der Waals surface area contributed by atoms with Gasteiger partial charge in [-0.15, -0.1) is 0 Å². The Balaban J connectivity index is 1.83. The van der Waals surface area contributed by atoms with Gasteiger partial charge in [0.05, 0.1) is 16.6 Å². The van der Waals surface area contributed by atoms with Gasteiger partial charge in [-0.25, -0.2) is 0 Å². The average Bonchev–Trinajstić information content (AvgIpc) is 2.56. The van der Waals surface area contributed by atoms with Crippen LogP contribution in [0.3, 0.4) is 0 Å². The highest BCUT2D eigenvalue weighted by molar-refractivity contribution is 6.42. The molecule has 5 nitrogen and oxygen atoms in total. The smallest absolute Gasteiger partial charge is 0.246 e. The van der Waals surface area contributed by atoms with Crippen LogP contribution < -0.4 is 5.32 Å². The van der Waals surface area contributed by atoms with Crippen molar-refractivity contribution in [2.24, 2.45) is 0 Å². The van der Waals surface area contributed by atoms with Crippen LogP contribution in [0.5, 0.6) is 0 Å². The van der Waals surface area contributed by atoms with Crippen LogP contribution in [0, 0.1) is 0 Å². The molecule has 1 saturated heterocycles. The first-order valence-corrected chi connectivity index (χ1v) is 8.66. The van der Waals surface area contributed by atoms with Crippen molar-refractivity contribution in [2.45, 2.75) is 6.92 Å². The molecule has 1 aliphatic heterocycles. The fourth-order valence-corrected chi connectivity index (χ4v) is 2.78. The van der Waals surface area contributed by atoms with Gasteiger partial charge in [0, 0.05) is 38.8 Å². The third-order valence-electron chi connectivity index (χ3n) is 3.79. The molecule has 0 aromatic heterocycles. The fraction of sp³-hybridized carbons (Fsp3) is 0.412. The van der Waals surface area contributed by atoms with Crippen LogP contribution in [-0.4, -0.2) is 60.9 Å². The predicted octanol–water partition coefficient (Wildman–Crippen LogP) is 2.29. The van der Waals surface area contributed by atoms with Crippen LogP contribution in [0.25, 0.3) is 6.08 Å². The summed E-state index contributed by atoms with van der Waals surface area (Å²) in [4.78, 5) is 27.6. The molecule has 1 aromatic rings. The van der Waals surface area contributed by atoms with E-state index in [1.165, 1.54) is 0 Å². The van der Waals surface area contributed by atoms with E-state index in [1.807, 2.05) is 13.0 Å². The Labute approximate surface area is 152 Å². The van der Waals surface area contributed by atoms with E-state index in [2.05, 4.69) is 10.2 Å². The number of piperazine rings is 1. The average molecular weight is 370 g/mol. The summed E-state index contributed by atoms with van der Waals surface area (Å²) in [5, 5.41) is 3.73. The Morgan fingerprint density at radius 1 is 1.17 bits per heavy atom.